The van der Waals surface area contributed by atoms with Gasteiger partial charge in [0.2, 0.25) is 5.91 Å². The van der Waals surface area contributed by atoms with E-state index in [0.29, 0.717) is 17.8 Å². The molecule has 0 unspecified atom stereocenters. The number of imide groups is 1. The SMILES string of the molecule is CC(=O)N1C(=O)/C(=N/N(Cc2ccccc2)c2ccccc2)c2ccccc21. The minimum Gasteiger partial charge on any atom is -0.274 e. The summed E-state index contributed by atoms with van der Waals surface area (Å²) in [6, 6.07) is 26.9. The maximum atomic E-state index is 13.0. The average molecular weight is 369 g/mol. The molecule has 0 bridgehead atoms. The number of amides is 2. The van der Waals surface area contributed by atoms with Crippen LogP contribution in [0.5, 0.6) is 0 Å². The van der Waals surface area contributed by atoms with Crippen molar-refractivity contribution in [1.29, 1.82) is 0 Å². The predicted octanol–water partition coefficient (Wildman–Crippen LogP) is 3.99. The lowest BCUT2D eigenvalue weighted by molar-refractivity contribution is -0.121. The number of anilines is 2. The molecule has 0 N–H and O–H groups in total. The molecule has 138 valence electrons. The van der Waals surface area contributed by atoms with Crippen LogP contribution in [0.15, 0.2) is 90.0 Å². The second-order valence-corrected chi connectivity index (χ2v) is 6.50. The lowest BCUT2D eigenvalue weighted by atomic mass is 10.1. The van der Waals surface area contributed by atoms with E-state index in [1.165, 1.54) is 11.8 Å². The summed E-state index contributed by atoms with van der Waals surface area (Å²) in [5, 5.41) is 6.50. The summed E-state index contributed by atoms with van der Waals surface area (Å²) in [6.45, 7) is 1.89. The van der Waals surface area contributed by atoms with Crippen LogP contribution in [0.25, 0.3) is 0 Å². The van der Waals surface area contributed by atoms with Crippen LogP contribution in [0, 0.1) is 0 Å². The Kier molecular flexibility index (Phi) is 4.72. The zero-order chi connectivity index (χ0) is 19.5. The van der Waals surface area contributed by atoms with Crippen molar-refractivity contribution in [2.75, 3.05) is 9.91 Å². The van der Waals surface area contributed by atoms with Crippen LogP contribution in [0.1, 0.15) is 18.1 Å². The van der Waals surface area contributed by atoms with Crippen molar-refractivity contribution in [2.45, 2.75) is 13.5 Å². The smallest absolute Gasteiger partial charge is 0.274 e. The van der Waals surface area contributed by atoms with Gasteiger partial charge in [-0.05, 0) is 23.8 Å². The summed E-state index contributed by atoms with van der Waals surface area (Å²) in [5.74, 6) is -0.723. The number of para-hydroxylation sites is 2. The highest BCUT2D eigenvalue weighted by Gasteiger charge is 2.37. The fraction of sp³-hybridized carbons (Fsp3) is 0.0870. The molecular formula is C23H19N3O2. The third kappa shape index (κ3) is 3.30. The third-order valence-corrected chi connectivity index (χ3v) is 4.57. The van der Waals surface area contributed by atoms with Crippen LogP contribution >= 0.6 is 0 Å². The van der Waals surface area contributed by atoms with Crippen molar-refractivity contribution in [3.8, 4) is 0 Å². The number of fused-ring (bicyclic) bond motifs is 1. The minimum absolute atomic E-state index is 0.269. The van der Waals surface area contributed by atoms with Gasteiger partial charge in [-0.1, -0.05) is 66.7 Å². The minimum atomic E-state index is -0.400. The lowest BCUT2D eigenvalue weighted by Crippen LogP contribution is -2.35. The zero-order valence-electron chi connectivity index (χ0n) is 15.4. The summed E-state index contributed by atoms with van der Waals surface area (Å²) >= 11 is 0. The Hall–Kier alpha value is -3.73. The number of rotatable bonds is 4. The quantitative estimate of drug-likeness (QED) is 0.654. The van der Waals surface area contributed by atoms with Gasteiger partial charge in [0, 0.05) is 12.5 Å². The first-order valence-electron chi connectivity index (χ1n) is 9.04. The number of carbonyl (C=O) groups is 2. The van der Waals surface area contributed by atoms with E-state index >= 15 is 0 Å². The molecule has 2 amide bonds. The number of carbonyl (C=O) groups excluding carboxylic acids is 2. The molecule has 1 aliphatic rings. The van der Waals surface area contributed by atoms with Crippen LogP contribution in [0.3, 0.4) is 0 Å². The molecule has 28 heavy (non-hydrogen) atoms. The van der Waals surface area contributed by atoms with E-state index in [9.17, 15) is 9.59 Å². The standard InChI is InChI=1S/C23H19N3O2/c1-17(27)26-21-15-9-8-14-20(21)22(23(26)28)24-25(19-12-6-3-7-13-19)16-18-10-4-2-5-11-18/h2-15H,16H2,1H3/b24-22+. The van der Waals surface area contributed by atoms with Crippen molar-refractivity contribution in [3.05, 3.63) is 96.1 Å². The molecule has 0 saturated carbocycles. The number of hydrogen-bond donors (Lipinski definition) is 0. The van der Waals surface area contributed by atoms with E-state index < -0.39 is 5.91 Å². The summed E-state index contributed by atoms with van der Waals surface area (Å²) < 4.78 is 0. The van der Waals surface area contributed by atoms with Gasteiger partial charge in [0.05, 0.1) is 17.9 Å². The van der Waals surface area contributed by atoms with Crippen LogP contribution in [0.2, 0.25) is 0 Å². The molecule has 0 radical (unpaired) electrons. The topological polar surface area (TPSA) is 53.0 Å². The summed E-state index contributed by atoms with van der Waals surface area (Å²) in [7, 11) is 0. The van der Waals surface area contributed by atoms with E-state index in [0.717, 1.165) is 11.3 Å². The number of nitrogens with zero attached hydrogens (tertiary/aromatic N) is 3. The molecule has 0 aromatic heterocycles. The van der Waals surface area contributed by atoms with Gasteiger partial charge in [0.25, 0.3) is 5.91 Å². The molecule has 5 heteroatoms. The molecule has 3 aromatic rings. The summed E-state index contributed by atoms with van der Waals surface area (Å²) in [5.41, 5.74) is 3.44. The third-order valence-electron chi connectivity index (χ3n) is 4.57. The van der Waals surface area contributed by atoms with Gasteiger partial charge in [-0.15, -0.1) is 0 Å². The molecule has 0 fully saturated rings. The van der Waals surface area contributed by atoms with Crippen molar-refractivity contribution >= 4 is 28.9 Å². The average Bonchev–Trinajstić information content (AvgIpc) is 3.00. The van der Waals surface area contributed by atoms with Gasteiger partial charge in [0.15, 0.2) is 5.71 Å². The Balaban J connectivity index is 1.80. The second kappa shape index (κ2) is 7.48. The van der Waals surface area contributed by atoms with Crippen molar-refractivity contribution < 1.29 is 9.59 Å². The molecule has 0 spiro atoms. The largest absolute Gasteiger partial charge is 0.286 e. The molecule has 0 aliphatic carbocycles. The van der Waals surface area contributed by atoms with E-state index in [4.69, 9.17) is 5.10 Å². The highest BCUT2D eigenvalue weighted by Crippen LogP contribution is 2.30. The maximum Gasteiger partial charge on any atom is 0.286 e. The maximum absolute atomic E-state index is 13.0. The Morgan fingerprint density at radius 1 is 0.893 bits per heavy atom. The van der Waals surface area contributed by atoms with Crippen LogP contribution in [-0.4, -0.2) is 17.5 Å². The number of hydrazone groups is 1. The van der Waals surface area contributed by atoms with Gasteiger partial charge in [0.1, 0.15) is 0 Å². The van der Waals surface area contributed by atoms with Gasteiger partial charge in [-0.2, -0.15) is 5.10 Å². The van der Waals surface area contributed by atoms with E-state index in [-0.39, 0.29) is 11.6 Å². The Labute approximate surface area is 163 Å². The van der Waals surface area contributed by atoms with Gasteiger partial charge < -0.3 is 0 Å². The first-order valence-corrected chi connectivity index (χ1v) is 9.04. The molecule has 3 aromatic carbocycles. The van der Waals surface area contributed by atoms with Crippen molar-refractivity contribution in [3.63, 3.8) is 0 Å². The predicted molar refractivity (Wildman–Crippen MR) is 110 cm³/mol. The molecule has 5 nitrogen and oxygen atoms in total. The highest BCUT2D eigenvalue weighted by molar-refractivity contribution is 6.58. The number of hydrogen-bond acceptors (Lipinski definition) is 4. The fourth-order valence-corrected chi connectivity index (χ4v) is 3.27. The monoisotopic (exact) mass is 369 g/mol. The summed E-state index contributed by atoms with van der Waals surface area (Å²) in [4.78, 5) is 26.2. The number of benzene rings is 3. The zero-order valence-corrected chi connectivity index (χ0v) is 15.4. The molecule has 1 aliphatic heterocycles. The van der Waals surface area contributed by atoms with E-state index in [1.807, 2.05) is 78.9 Å². The lowest BCUT2D eigenvalue weighted by Gasteiger charge is -2.20. The van der Waals surface area contributed by atoms with Gasteiger partial charge in [-0.3, -0.25) is 14.6 Å². The fourth-order valence-electron chi connectivity index (χ4n) is 3.27. The van der Waals surface area contributed by atoms with Crippen LogP contribution < -0.4 is 9.91 Å². The molecular weight excluding hydrogens is 350 g/mol. The first-order chi connectivity index (χ1) is 13.6. The van der Waals surface area contributed by atoms with Crippen molar-refractivity contribution in [2.24, 2.45) is 5.10 Å². The highest BCUT2D eigenvalue weighted by atomic mass is 16.2. The Morgan fingerprint density at radius 2 is 1.50 bits per heavy atom. The van der Waals surface area contributed by atoms with Crippen LogP contribution in [-0.2, 0) is 16.1 Å². The molecule has 4 rings (SSSR count). The van der Waals surface area contributed by atoms with Crippen molar-refractivity contribution in [1.82, 2.24) is 0 Å². The van der Waals surface area contributed by atoms with E-state index in [1.54, 1.807) is 11.1 Å². The van der Waals surface area contributed by atoms with Gasteiger partial charge >= 0.3 is 0 Å². The first kappa shape index (κ1) is 17.7. The second-order valence-electron chi connectivity index (χ2n) is 6.50. The van der Waals surface area contributed by atoms with E-state index in [2.05, 4.69) is 0 Å². The Bertz CT molecular complexity index is 1050. The Morgan fingerprint density at radius 3 is 2.18 bits per heavy atom. The van der Waals surface area contributed by atoms with Crippen LogP contribution in [0.4, 0.5) is 11.4 Å². The normalized spacial score (nSPS) is 14.2. The summed E-state index contributed by atoms with van der Waals surface area (Å²) in [6.07, 6.45) is 0. The molecule has 1 heterocycles. The molecule has 0 atom stereocenters. The molecule has 0 saturated heterocycles. The van der Waals surface area contributed by atoms with Gasteiger partial charge in [-0.25, -0.2) is 4.90 Å².